The average molecular weight is 496 g/mol. The van der Waals surface area contributed by atoms with Crippen LogP contribution in [0.15, 0.2) is 60.5 Å². The van der Waals surface area contributed by atoms with E-state index in [0.29, 0.717) is 37.3 Å². The molecule has 1 aliphatic heterocycles. The molecule has 0 bridgehead atoms. The Labute approximate surface area is 218 Å². The molecule has 1 aromatic rings. The molecule has 2 atom stereocenters. The second-order valence-electron chi connectivity index (χ2n) is 7.67. The van der Waals surface area contributed by atoms with Crippen molar-refractivity contribution in [1.29, 1.82) is 10.7 Å². The van der Waals surface area contributed by atoms with Gasteiger partial charge in [0.05, 0.1) is 11.8 Å². The number of allylic oxidation sites excluding steroid dienone is 4. The SMILES string of the molecule is C=C(/C=C\C(C)=C/C)C(=N)C(CNC(NC#N)NCCc1ccncc1)N1CCCC1=O.CC.CC. The van der Waals surface area contributed by atoms with Gasteiger partial charge in [-0.15, -0.1) is 0 Å². The highest BCUT2D eigenvalue weighted by molar-refractivity contribution is 6.05. The van der Waals surface area contributed by atoms with Gasteiger partial charge in [-0.05, 0) is 50.0 Å². The fourth-order valence-corrected chi connectivity index (χ4v) is 3.38. The third-order valence-corrected chi connectivity index (χ3v) is 5.40. The van der Waals surface area contributed by atoms with E-state index in [-0.39, 0.29) is 5.91 Å². The second kappa shape index (κ2) is 20.0. The summed E-state index contributed by atoms with van der Waals surface area (Å²) in [6.07, 6.45) is 12.7. The molecule has 36 heavy (non-hydrogen) atoms. The number of hydrogen-bond acceptors (Lipinski definition) is 7. The van der Waals surface area contributed by atoms with Crippen molar-refractivity contribution >= 4 is 11.6 Å². The topological polar surface area (TPSA) is 117 Å². The fourth-order valence-electron chi connectivity index (χ4n) is 3.38. The predicted molar refractivity (Wildman–Crippen MR) is 149 cm³/mol. The minimum atomic E-state index is -0.482. The quantitative estimate of drug-likeness (QED) is 0.107. The molecule has 1 fully saturated rings. The summed E-state index contributed by atoms with van der Waals surface area (Å²) in [6.45, 7) is 17.5. The smallest absolute Gasteiger partial charge is 0.223 e. The van der Waals surface area contributed by atoms with Crippen molar-refractivity contribution in [1.82, 2.24) is 25.8 Å². The first-order valence-corrected chi connectivity index (χ1v) is 12.8. The number of nitriles is 1. The van der Waals surface area contributed by atoms with E-state index in [1.807, 2.05) is 78.1 Å². The van der Waals surface area contributed by atoms with Crippen molar-refractivity contribution in [2.75, 3.05) is 19.6 Å². The number of aromatic nitrogens is 1. The van der Waals surface area contributed by atoms with Crippen LogP contribution >= 0.6 is 0 Å². The van der Waals surface area contributed by atoms with Gasteiger partial charge in [-0.3, -0.25) is 25.7 Å². The lowest BCUT2D eigenvalue weighted by molar-refractivity contribution is -0.128. The minimum Gasteiger partial charge on any atom is -0.333 e. The number of rotatable bonds is 13. The summed E-state index contributed by atoms with van der Waals surface area (Å²) in [5.74, 6) is 0.0402. The maximum atomic E-state index is 12.4. The van der Waals surface area contributed by atoms with Gasteiger partial charge in [0.1, 0.15) is 6.29 Å². The Hall–Kier alpha value is -3.28. The van der Waals surface area contributed by atoms with Crippen LogP contribution in [0.25, 0.3) is 0 Å². The maximum absolute atomic E-state index is 12.4. The Kier molecular flexibility index (Phi) is 18.1. The molecule has 198 valence electrons. The van der Waals surface area contributed by atoms with Gasteiger partial charge in [-0.25, -0.2) is 0 Å². The normalized spacial score (nSPS) is 14.6. The van der Waals surface area contributed by atoms with E-state index in [0.717, 1.165) is 24.0 Å². The number of likely N-dealkylation sites (tertiary alicyclic amines) is 1. The number of pyridine rings is 1. The van der Waals surface area contributed by atoms with E-state index in [2.05, 4.69) is 27.5 Å². The van der Waals surface area contributed by atoms with E-state index in [4.69, 9.17) is 10.7 Å². The first kappa shape index (κ1) is 32.7. The van der Waals surface area contributed by atoms with Gasteiger partial charge in [0.15, 0.2) is 6.19 Å². The van der Waals surface area contributed by atoms with Gasteiger partial charge in [0, 0.05) is 38.4 Å². The lowest BCUT2D eigenvalue weighted by Gasteiger charge is -2.31. The van der Waals surface area contributed by atoms with Crippen LogP contribution in [0.3, 0.4) is 0 Å². The molecule has 8 heteroatoms. The van der Waals surface area contributed by atoms with Crippen molar-refractivity contribution in [2.45, 2.75) is 73.1 Å². The number of amides is 1. The number of carbonyl (C=O) groups excluding carboxylic acids is 1. The van der Waals surface area contributed by atoms with Crippen molar-refractivity contribution in [3.63, 3.8) is 0 Å². The van der Waals surface area contributed by atoms with Crippen LogP contribution in [-0.2, 0) is 11.2 Å². The molecule has 1 amide bonds. The summed E-state index contributed by atoms with van der Waals surface area (Å²) < 4.78 is 0. The molecule has 0 saturated carbocycles. The van der Waals surface area contributed by atoms with Gasteiger partial charge in [-0.1, -0.05) is 58.1 Å². The molecule has 1 saturated heterocycles. The second-order valence-corrected chi connectivity index (χ2v) is 7.67. The highest BCUT2D eigenvalue weighted by Gasteiger charge is 2.31. The molecule has 0 aliphatic carbocycles. The van der Waals surface area contributed by atoms with Crippen molar-refractivity contribution in [3.8, 4) is 6.19 Å². The fraction of sp³-hybridized carbons (Fsp3) is 0.500. The first-order chi connectivity index (χ1) is 17.5. The Morgan fingerprint density at radius 2 is 1.92 bits per heavy atom. The standard InChI is InChI=1S/C24H33N7O.2C2H6/c1-4-18(2)7-8-19(3)23(26)21(31-15-5-6-22(31)32)16-29-24(30-17-25)28-14-11-20-9-12-27-13-10-20;2*1-2/h4,7-10,12-13,21,24,26,28-30H,3,5-6,11,14-16H2,1-2H3;2*1-2H3/b8-7-,18-4-,26-23?;;. The van der Waals surface area contributed by atoms with E-state index >= 15 is 0 Å². The number of nitrogens with zero attached hydrogens (tertiary/aromatic N) is 3. The first-order valence-electron chi connectivity index (χ1n) is 12.8. The third kappa shape index (κ3) is 11.9. The zero-order valence-corrected chi connectivity index (χ0v) is 22.9. The molecule has 8 nitrogen and oxygen atoms in total. The minimum absolute atomic E-state index is 0.0402. The van der Waals surface area contributed by atoms with Gasteiger partial charge in [-0.2, -0.15) is 5.26 Å². The Morgan fingerprint density at radius 1 is 1.25 bits per heavy atom. The maximum Gasteiger partial charge on any atom is 0.223 e. The Balaban J connectivity index is 0.00000291. The van der Waals surface area contributed by atoms with E-state index < -0.39 is 12.3 Å². The molecule has 0 aromatic carbocycles. The summed E-state index contributed by atoms with van der Waals surface area (Å²) in [5, 5.41) is 27.0. The molecule has 2 rings (SSSR count). The van der Waals surface area contributed by atoms with E-state index in [1.165, 1.54) is 0 Å². The lowest BCUT2D eigenvalue weighted by Crippen LogP contribution is -2.57. The highest BCUT2D eigenvalue weighted by Crippen LogP contribution is 2.17. The number of hydrogen-bond donors (Lipinski definition) is 4. The number of carbonyl (C=O) groups is 1. The molecular weight excluding hydrogens is 450 g/mol. The molecule has 4 N–H and O–H groups in total. The van der Waals surface area contributed by atoms with Gasteiger partial charge >= 0.3 is 0 Å². The third-order valence-electron chi connectivity index (χ3n) is 5.40. The highest BCUT2D eigenvalue weighted by atomic mass is 16.2. The van der Waals surface area contributed by atoms with Crippen molar-refractivity contribution in [3.05, 3.63) is 66.0 Å². The van der Waals surface area contributed by atoms with E-state index in [9.17, 15) is 4.79 Å². The molecule has 1 aliphatic rings. The Morgan fingerprint density at radius 3 is 2.47 bits per heavy atom. The summed E-state index contributed by atoms with van der Waals surface area (Å²) >= 11 is 0. The molecule has 1 aromatic heterocycles. The van der Waals surface area contributed by atoms with Crippen LogP contribution in [0.2, 0.25) is 0 Å². The van der Waals surface area contributed by atoms with Crippen LogP contribution in [0.4, 0.5) is 0 Å². The predicted octanol–water partition coefficient (Wildman–Crippen LogP) is 4.30. The van der Waals surface area contributed by atoms with Gasteiger partial charge < -0.3 is 10.3 Å². The van der Waals surface area contributed by atoms with Gasteiger partial charge in [0.2, 0.25) is 5.91 Å². The zero-order chi connectivity index (χ0) is 27.3. The number of nitrogens with one attached hydrogen (secondary N) is 4. The van der Waals surface area contributed by atoms with Crippen LogP contribution in [-0.4, -0.2) is 53.5 Å². The van der Waals surface area contributed by atoms with Crippen LogP contribution in [0.1, 0.15) is 59.9 Å². The molecule has 2 unspecified atom stereocenters. The van der Waals surface area contributed by atoms with Crippen LogP contribution in [0.5, 0.6) is 0 Å². The average Bonchev–Trinajstić information content (AvgIpc) is 3.35. The van der Waals surface area contributed by atoms with Crippen LogP contribution in [0, 0.1) is 16.9 Å². The summed E-state index contributed by atoms with van der Waals surface area (Å²) in [7, 11) is 0. The molecule has 0 spiro atoms. The summed E-state index contributed by atoms with van der Waals surface area (Å²) in [5.41, 5.74) is 3.07. The summed E-state index contributed by atoms with van der Waals surface area (Å²) in [6, 6.07) is 3.44. The van der Waals surface area contributed by atoms with Crippen molar-refractivity contribution < 1.29 is 4.79 Å². The van der Waals surface area contributed by atoms with Crippen molar-refractivity contribution in [2.24, 2.45) is 0 Å². The monoisotopic (exact) mass is 495 g/mol. The Bertz CT molecular complexity index is 887. The summed E-state index contributed by atoms with van der Waals surface area (Å²) in [4.78, 5) is 18.2. The largest absolute Gasteiger partial charge is 0.333 e. The molecule has 0 radical (unpaired) electrons. The van der Waals surface area contributed by atoms with Gasteiger partial charge in [0.25, 0.3) is 0 Å². The lowest BCUT2D eigenvalue weighted by atomic mass is 10.0. The zero-order valence-electron chi connectivity index (χ0n) is 22.9. The molecular formula is C28H45N7O. The molecule has 2 heterocycles. The van der Waals surface area contributed by atoms with Crippen LogP contribution < -0.4 is 16.0 Å². The van der Waals surface area contributed by atoms with E-state index in [1.54, 1.807) is 17.3 Å².